The first kappa shape index (κ1) is 16.6. The largest absolute Gasteiger partial charge is 0.299 e. The first-order chi connectivity index (χ1) is 12.6. The third-order valence-electron chi connectivity index (χ3n) is 5.03. The van der Waals surface area contributed by atoms with E-state index in [0.717, 1.165) is 27.5 Å². The summed E-state index contributed by atoms with van der Waals surface area (Å²) >= 11 is 0. The summed E-state index contributed by atoms with van der Waals surface area (Å²) in [4.78, 5) is 24.1. The van der Waals surface area contributed by atoms with Gasteiger partial charge in [0.25, 0.3) is 0 Å². The van der Waals surface area contributed by atoms with E-state index in [1.807, 2.05) is 42.5 Å². The quantitative estimate of drug-likeness (QED) is 0.702. The van der Waals surface area contributed by atoms with E-state index in [2.05, 4.69) is 0 Å². The Morgan fingerprint density at radius 3 is 2.54 bits per heavy atom. The van der Waals surface area contributed by atoms with Gasteiger partial charge in [-0.3, -0.25) is 9.59 Å². The summed E-state index contributed by atoms with van der Waals surface area (Å²) in [7, 11) is 0. The lowest BCUT2D eigenvalue weighted by Gasteiger charge is -2.16. The van der Waals surface area contributed by atoms with E-state index < -0.39 is 0 Å². The minimum Gasteiger partial charge on any atom is -0.299 e. The standard InChI is InChI=1S/C23H19FO2/c24-23-14-18-7-8-21(25)12-19(18)11-20(23)13-22(26)10-15-5-6-16-3-1-2-4-17(16)9-15/h1-6,9,11,14H,7-8,10,12-13H2. The van der Waals surface area contributed by atoms with Crippen LogP contribution >= 0.6 is 0 Å². The SMILES string of the molecule is O=C(Cc1ccc2ccccc2c1)Cc1cc2c(cc1F)CCC(=O)C2. The van der Waals surface area contributed by atoms with Crippen LogP contribution in [-0.2, 0) is 35.3 Å². The summed E-state index contributed by atoms with van der Waals surface area (Å²) < 4.78 is 14.3. The van der Waals surface area contributed by atoms with Crippen LogP contribution in [0.4, 0.5) is 4.39 Å². The fraction of sp³-hybridized carbons (Fsp3) is 0.217. The second kappa shape index (κ2) is 6.83. The van der Waals surface area contributed by atoms with Crippen molar-refractivity contribution in [1.29, 1.82) is 0 Å². The topological polar surface area (TPSA) is 34.1 Å². The van der Waals surface area contributed by atoms with Crippen LogP contribution in [0.5, 0.6) is 0 Å². The number of halogens is 1. The fourth-order valence-corrected chi connectivity index (χ4v) is 3.67. The van der Waals surface area contributed by atoms with Crippen molar-refractivity contribution in [2.45, 2.75) is 32.1 Å². The van der Waals surface area contributed by atoms with Crippen LogP contribution in [0.25, 0.3) is 10.8 Å². The molecule has 0 unspecified atom stereocenters. The number of hydrogen-bond acceptors (Lipinski definition) is 2. The minimum atomic E-state index is -0.343. The van der Waals surface area contributed by atoms with Crippen LogP contribution in [-0.4, -0.2) is 11.6 Å². The number of carbonyl (C=O) groups is 2. The number of rotatable bonds is 4. The lowest BCUT2D eigenvalue weighted by molar-refractivity contribution is -0.119. The summed E-state index contributed by atoms with van der Waals surface area (Å²) in [6.07, 6.45) is 1.75. The maximum Gasteiger partial charge on any atom is 0.141 e. The van der Waals surface area contributed by atoms with Crippen molar-refractivity contribution in [3.8, 4) is 0 Å². The zero-order valence-electron chi connectivity index (χ0n) is 14.4. The van der Waals surface area contributed by atoms with Gasteiger partial charge in [0.2, 0.25) is 0 Å². The molecule has 0 bridgehead atoms. The molecule has 4 rings (SSSR count). The third-order valence-corrected chi connectivity index (χ3v) is 5.03. The third kappa shape index (κ3) is 3.43. The van der Waals surface area contributed by atoms with E-state index in [9.17, 15) is 14.0 Å². The van der Waals surface area contributed by atoms with Crippen LogP contribution in [0.15, 0.2) is 54.6 Å². The van der Waals surface area contributed by atoms with Gasteiger partial charge in [0.1, 0.15) is 17.4 Å². The van der Waals surface area contributed by atoms with E-state index >= 15 is 0 Å². The summed E-state index contributed by atoms with van der Waals surface area (Å²) in [5.74, 6) is -0.191. The monoisotopic (exact) mass is 346 g/mol. The molecule has 3 aromatic carbocycles. The number of ketones is 2. The second-order valence-corrected chi connectivity index (χ2v) is 7.00. The molecule has 0 aromatic heterocycles. The summed E-state index contributed by atoms with van der Waals surface area (Å²) in [5.41, 5.74) is 3.09. The number of Topliss-reactive ketones (excluding diaryl/α,β-unsaturated/α-hetero) is 2. The molecule has 26 heavy (non-hydrogen) atoms. The molecule has 0 radical (unpaired) electrons. The zero-order valence-corrected chi connectivity index (χ0v) is 14.4. The van der Waals surface area contributed by atoms with E-state index in [-0.39, 0.29) is 30.2 Å². The van der Waals surface area contributed by atoms with Gasteiger partial charge in [-0.05, 0) is 45.5 Å². The zero-order chi connectivity index (χ0) is 18.1. The normalized spacial score (nSPS) is 13.7. The number of hydrogen-bond donors (Lipinski definition) is 0. The summed E-state index contributed by atoms with van der Waals surface area (Å²) in [5, 5.41) is 2.23. The van der Waals surface area contributed by atoms with Crippen molar-refractivity contribution in [1.82, 2.24) is 0 Å². The molecule has 0 N–H and O–H groups in total. The maximum absolute atomic E-state index is 14.3. The van der Waals surface area contributed by atoms with Gasteiger partial charge >= 0.3 is 0 Å². The molecule has 0 fully saturated rings. The van der Waals surface area contributed by atoms with E-state index in [1.54, 1.807) is 6.07 Å². The van der Waals surface area contributed by atoms with Crippen molar-refractivity contribution < 1.29 is 14.0 Å². The Hall–Kier alpha value is -2.81. The molecule has 2 nitrogen and oxygen atoms in total. The van der Waals surface area contributed by atoms with Crippen LogP contribution in [0.1, 0.15) is 28.7 Å². The van der Waals surface area contributed by atoms with Gasteiger partial charge in [0.15, 0.2) is 0 Å². The highest BCUT2D eigenvalue weighted by atomic mass is 19.1. The Bertz CT molecular complexity index is 1020. The average molecular weight is 346 g/mol. The van der Waals surface area contributed by atoms with Gasteiger partial charge in [-0.25, -0.2) is 4.39 Å². The summed E-state index contributed by atoms with van der Waals surface area (Å²) in [6.45, 7) is 0. The predicted octanol–water partition coefficient (Wildman–Crippen LogP) is 4.39. The highest BCUT2D eigenvalue weighted by Gasteiger charge is 2.19. The average Bonchev–Trinajstić information content (AvgIpc) is 2.62. The molecule has 130 valence electrons. The molecular formula is C23H19FO2. The molecular weight excluding hydrogens is 327 g/mol. The fourth-order valence-electron chi connectivity index (χ4n) is 3.67. The Morgan fingerprint density at radius 1 is 0.885 bits per heavy atom. The van der Waals surface area contributed by atoms with Crippen molar-refractivity contribution in [2.75, 3.05) is 0 Å². The van der Waals surface area contributed by atoms with Gasteiger partial charge in [0, 0.05) is 25.7 Å². The molecule has 0 heterocycles. The molecule has 0 amide bonds. The van der Waals surface area contributed by atoms with Crippen molar-refractivity contribution in [3.05, 3.63) is 82.7 Å². The number of carbonyl (C=O) groups excluding carboxylic acids is 2. The van der Waals surface area contributed by atoms with Gasteiger partial charge in [0.05, 0.1) is 0 Å². The van der Waals surface area contributed by atoms with Gasteiger partial charge in [-0.1, -0.05) is 48.5 Å². The Morgan fingerprint density at radius 2 is 1.69 bits per heavy atom. The molecule has 1 aliphatic carbocycles. The van der Waals surface area contributed by atoms with Gasteiger partial charge in [-0.15, -0.1) is 0 Å². The molecule has 0 spiro atoms. The van der Waals surface area contributed by atoms with E-state index in [1.165, 1.54) is 6.07 Å². The molecule has 3 heteroatoms. The Labute approximate surface area is 151 Å². The first-order valence-electron chi connectivity index (χ1n) is 8.90. The van der Waals surface area contributed by atoms with E-state index in [0.29, 0.717) is 24.8 Å². The van der Waals surface area contributed by atoms with Crippen LogP contribution in [0.3, 0.4) is 0 Å². The van der Waals surface area contributed by atoms with Gasteiger partial charge in [-0.2, -0.15) is 0 Å². The molecule has 0 saturated carbocycles. The molecule has 0 saturated heterocycles. The van der Waals surface area contributed by atoms with Crippen molar-refractivity contribution >= 4 is 22.3 Å². The number of benzene rings is 3. The van der Waals surface area contributed by atoms with Crippen molar-refractivity contribution in [3.63, 3.8) is 0 Å². The smallest absolute Gasteiger partial charge is 0.141 e. The minimum absolute atomic E-state index is 0.0266. The Balaban J connectivity index is 1.52. The lowest BCUT2D eigenvalue weighted by atomic mass is 9.88. The molecule has 0 aliphatic heterocycles. The van der Waals surface area contributed by atoms with Crippen molar-refractivity contribution in [2.24, 2.45) is 0 Å². The Kier molecular flexibility index (Phi) is 4.37. The summed E-state index contributed by atoms with van der Waals surface area (Å²) in [6, 6.07) is 17.2. The highest BCUT2D eigenvalue weighted by molar-refractivity contribution is 5.87. The first-order valence-corrected chi connectivity index (χ1v) is 8.90. The highest BCUT2D eigenvalue weighted by Crippen LogP contribution is 2.24. The number of fused-ring (bicyclic) bond motifs is 2. The van der Waals surface area contributed by atoms with Crippen LogP contribution in [0, 0.1) is 5.82 Å². The predicted molar refractivity (Wildman–Crippen MR) is 99.8 cm³/mol. The molecule has 0 atom stereocenters. The molecule has 3 aromatic rings. The van der Waals surface area contributed by atoms with E-state index in [4.69, 9.17) is 0 Å². The lowest BCUT2D eigenvalue weighted by Crippen LogP contribution is -2.15. The number of aryl methyl sites for hydroxylation is 1. The van der Waals surface area contributed by atoms with Gasteiger partial charge < -0.3 is 0 Å². The van der Waals surface area contributed by atoms with Crippen LogP contribution in [0.2, 0.25) is 0 Å². The maximum atomic E-state index is 14.3. The second-order valence-electron chi connectivity index (χ2n) is 7.00. The molecule has 1 aliphatic rings. The van der Waals surface area contributed by atoms with Crippen LogP contribution < -0.4 is 0 Å².